The summed E-state index contributed by atoms with van der Waals surface area (Å²) in [4.78, 5) is 0. The molecule has 1 atom stereocenters. The molecule has 20 heavy (non-hydrogen) atoms. The first-order chi connectivity index (χ1) is 9.76. The zero-order valence-corrected chi connectivity index (χ0v) is 12.0. The maximum atomic E-state index is 9.34. The standard InChI is InChI=1S/C17H22N2O/c1-18-17-5-3-2-4-14-11-19(12-16(14)17)10-13-6-8-15(20)9-7-13/h6-9,11-12,17-18,20H,2-5,10H2,1H3. The summed E-state index contributed by atoms with van der Waals surface area (Å²) in [7, 11) is 2.05. The fourth-order valence-corrected chi connectivity index (χ4v) is 3.12. The number of phenols is 1. The molecule has 0 radical (unpaired) electrons. The molecule has 106 valence electrons. The van der Waals surface area contributed by atoms with Crippen molar-refractivity contribution in [3.63, 3.8) is 0 Å². The van der Waals surface area contributed by atoms with E-state index in [0.717, 1.165) is 6.54 Å². The van der Waals surface area contributed by atoms with Crippen LogP contribution in [0.4, 0.5) is 0 Å². The summed E-state index contributed by atoms with van der Waals surface area (Å²) in [6.07, 6.45) is 9.59. The van der Waals surface area contributed by atoms with Crippen LogP contribution in [0.5, 0.6) is 5.75 Å². The van der Waals surface area contributed by atoms with Gasteiger partial charge in [0.05, 0.1) is 0 Å². The van der Waals surface area contributed by atoms with Gasteiger partial charge >= 0.3 is 0 Å². The Morgan fingerprint density at radius 1 is 1.20 bits per heavy atom. The molecule has 0 bridgehead atoms. The molecule has 1 aromatic heterocycles. The van der Waals surface area contributed by atoms with Gasteiger partial charge in [-0.15, -0.1) is 0 Å². The van der Waals surface area contributed by atoms with Crippen molar-refractivity contribution in [2.45, 2.75) is 38.3 Å². The van der Waals surface area contributed by atoms with E-state index in [-0.39, 0.29) is 0 Å². The summed E-state index contributed by atoms with van der Waals surface area (Å²) in [6, 6.07) is 7.96. The lowest BCUT2D eigenvalue weighted by atomic mass is 10.1. The quantitative estimate of drug-likeness (QED) is 0.840. The number of nitrogens with zero attached hydrogens (tertiary/aromatic N) is 1. The van der Waals surface area contributed by atoms with Crippen LogP contribution in [0.1, 0.15) is 42.0 Å². The Bertz CT molecular complexity index is 571. The molecule has 0 amide bonds. The van der Waals surface area contributed by atoms with Gasteiger partial charge in [-0.05, 0) is 55.1 Å². The van der Waals surface area contributed by atoms with Gasteiger partial charge in [-0.1, -0.05) is 18.6 Å². The first-order valence-electron chi connectivity index (χ1n) is 7.40. The Kier molecular flexibility index (Phi) is 3.79. The summed E-state index contributed by atoms with van der Waals surface area (Å²) in [6.45, 7) is 0.865. The van der Waals surface area contributed by atoms with Crippen LogP contribution < -0.4 is 5.32 Å². The molecule has 1 heterocycles. The van der Waals surface area contributed by atoms with Crippen molar-refractivity contribution >= 4 is 0 Å². The normalized spacial score (nSPS) is 18.6. The molecule has 3 heteroatoms. The predicted molar refractivity (Wildman–Crippen MR) is 81.0 cm³/mol. The lowest BCUT2D eigenvalue weighted by Gasteiger charge is -2.13. The summed E-state index contributed by atoms with van der Waals surface area (Å²) in [5.41, 5.74) is 4.17. The molecule has 1 aliphatic rings. The maximum Gasteiger partial charge on any atom is 0.115 e. The molecule has 1 aliphatic carbocycles. The second kappa shape index (κ2) is 5.71. The molecule has 1 aromatic carbocycles. The number of aryl methyl sites for hydroxylation is 1. The second-order valence-electron chi connectivity index (χ2n) is 5.66. The minimum Gasteiger partial charge on any atom is -0.508 e. The SMILES string of the molecule is CNC1CCCCc2cn(Cc3ccc(O)cc3)cc21. The monoisotopic (exact) mass is 270 g/mol. The second-order valence-corrected chi connectivity index (χ2v) is 5.66. The van der Waals surface area contributed by atoms with E-state index in [1.54, 1.807) is 12.1 Å². The minimum absolute atomic E-state index is 0.326. The molecule has 0 spiro atoms. The molecule has 0 aliphatic heterocycles. The van der Waals surface area contributed by atoms with Crippen molar-refractivity contribution in [3.8, 4) is 5.75 Å². The maximum absolute atomic E-state index is 9.34. The average molecular weight is 270 g/mol. The van der Waals surface area contributed by atoms with Gasteiger partial charge in [0.25, 0.3) is 0 Å². The Hall–Kier alpha value is -1.74. The number of hydrogen-bond acceptors (Lipinski definition) is 2. The Balaban J connectivity index is 1.83. The molecule has 0 fully saturated rings. The predicted octanol–water partition coefficient (Wildman–Crippen LogP) is 3.23. The van der Waals surface area contributed by atoms with Crippen molar-refractivity contribution in [2.24, 2.45) is 0 Å². The number of benzene rings is 1. The van der Waals surface area contributed by atoms with E-state index in [4.69, 9.17) is 0 Å². The van der Waals surface area contributed by atoms with Crippen LogP contribution >= 0.6 is 0 Å². The van der Waals surface area contributed by atoms with Crippen LogP contribution in [-0.4, -0.2) is 16.7 Å². The van der Waals surface area contributed by atoms with Gasteiger partial charge in [0.15, 0.2) is 0 Å². The highest BCUT2D eigenvalue weighted by molar-refractivity contribution is 5.31. The average Bonchev–Trinajstić information content (AvgIpc) is 2.75. The van der Waals surface area contributed by atoms with E-state index in [2.05, 4.69) is 29.3 Å². The summed E-state index contributed by atoms with van der Waals surface area (Å²) < 4.78 is 2.27. The van der Waals surface area contributed by atoms with Gasteiger partial charge in [0, 0.05) is 25.0 Å². The Labute approximate surface area is 120 Å². The van der Waals surface area contributed by atoms with E-state index in [1.165, 1.54) is 42.4 Å². The van der Waals surface area contributed by atoms with E-state index in [9.17, 15) is 5.11 Å². The van der Waals surface area contributed by atoms with E-state index >= 15 is 0 Å². The van der Waals surface area contributed by atoms with Crippen LogP contribution in [0.2, 0.25) is 0 Å². The highest BCUT2D eigenvalue weighted by atomic mass is 16.3. The Morgan fingerprint density at radius 2 is 2.00 bits per heavy atom. The number of fused-ring (bicyclic) bond motifs is 1. The fraction of sp³-hybridized carbons (Fsp3) is 0.412. The fourth-order valence-electron chi connectivity index (χ4n) is 3.12. The van der Waals surface area contributed by atoms with Crippen molar-refractivity contribution in [1.82, 2.24) is 9.88 Å². The van der Waals surface area contributed by atoms with Gasteiger partial charge in [0.2, 0.25) is 0 Å². The van der Waals surface area contributed by atoms with Gasteiger partial charge in [-0.2, -0.15) is 0 Å². The van der Waals surface area contributed by atoms with E-state index in [1.807, 2.05) is 12.1 Å². The lowest BCUT2D eigenvalue weighted by Crippen LogP contribution is -2.15. The molecule has 0 saturated heterocycles. The third kappa shape index (κ3) is 2.73. The van der Waals surface area contributed by atoms with Gasteiger partial charge in [-0.25, -0.2) is 0 Å². The highest BCUT2D eigenvalue weighted by Crippen LogP contribution is 2.29. The third-order valence-corrected chi connectivity index (χ3v) is 4.21. The van der Waals surface area contributed by atoms with Crippen LogP contribution in [0.3, 0.4) is 0 Å². The highest BCUT2D eigenvalue weighted by Gasteiger charge is 2.19. The molecule has 3 rings (SSSR count). The topological polar surface area (TPSA) is 37.2 Å². The number of aromatic nitrogens is 1. The first kappa shape index (κ1) is 13.3. The van der Waals surface area contributed by atoms with E-state index < -0.39 is 0 Å². The van der Waals surface area contributed by atoms with Crippen molar-refractivity contribution in [2.75, 3.05) is 7.05 Å². The number of nitrogens with one attached hydrogen (secondary N) is 1. The van der Waals surface area contributed by atoms with Crippen molar-refractivity contribution < 1.29 is 5.11 Å². The van der Waals surface area contributed by atoms with Crippen LogP contribution in [-0.2, 0) is 13.0 Å². The lowest BCUT2D eigenvalue weighted by molar-refractivity contribution is 0.475. The summed E-state index contributed by atoms with van der Waals surface area (Å²) >= 11 is 0. The molecule has 2 aromatic rings. The molecular formula is C17H22N2O. The smallest absolute Gasteiger partial charge is 0.115 e. The number of phenolic OH excluding ortho intramolecular Hbond substituents is 1. The summed E-state index contributed by atoms with van der Waals surface area (Å²) in [5.74, 6) is 0.326. The zero-order valence-electron chi connectivity index (χ0n) is 12.0. The van der Waals surface area contributed by atoms with Crippen molar-refractivity contribution in [3.05, 3.63) is 53.3 Å². The molecule has 3 nitrogen and oxygen atoms in total. The van der Waals surface area contributed by atoms with Crippen LogP contribution in [0.25, 0.3) is 0 Å². The molecule has 2 N–H and O–H groups in total. The minimum atomic E-state index is 0.326. The third-order valence-electron chi connectivity index (χ3n) is 4.21. The summed E-state index contributed by atoms with van der Waals surface area (Å²) in [5, 5.41) is 12.8. The van der Waals surface area contributed by atoms with Crippen LogP contribution in [0.15, 0.2) is 36.7 Å². The van der Waals surface area contributed by atoms with Crippen LogP contribution in [0, 0.1) is 0 Å². The molecule has 1 unspecified atom stereocenters. The largest absolute Gasteiger partial charge is 0.508 e. The Morgan fingerprint density at radius 3 is 2.75 bits per heavy atom. The van der Waals surface area contributed by atoms with Crippen molar-refractivity contribution in [1.29, 1.82) is 0 Å². The van der Waals surface area contributed by atoms with Gasteiger partial charge in [-0.3, -0.25) is 0 Å². The zero-order chi connectivity index (χ0) is 13.9. The van der Waals surface area contributed by atoms with Gasteiger partial charge < -0.3 is 15.0 Å². The number of aromatic hydroxyl groups is 1. The number of rotatable bonds is 3. The first-order valence-corrected chi connectivity index (χ1v) is 7.40. The molecular weight excluding hydrogens is 248 g/mol. The number of hydrogen-bond donors (Lipinski definition) is 2. The molecule has 0 saturated carbocycles. The van der Waals surface area contributed by atoms with Gasteiger partial charge in [0.1, 0.15) is 5.75 Å². The van der Waals surface area contributed by atoms with E-state index in [0.29, 0.717) is 11.8 Å².